The van der Waals surface area contributed by atoms with Gasteiger partial charge < -0.3 is 14.8 Å². The number of carbonyl (C=O) groups is 1. The van der Waals surface area contributed by atoms with Gasteiger partial charge in [-0.3, -0.25) is 4.79 Å². The first-order valence-electron chi connectivity index (χ1n) is 5.37. The van der Waals surface area contributed by atoms with E-state index in [2.05, 4.69) is 5.32 Å². The zero-order valence-corrected chi connectivity index (χ0v) is 10.9. The summed E-state index contributed by atoms with van der Waals surface area (Å²) in [5.41, 5.74) is 0.890. The molecule has 0 atom stereocenters. The summed E-state index contributed by atoms with van der Waals surface area (Å²) in [6.07, 6.45) is 1.79. The van der Waals surface area contributed by atoms with E-state index in [9.17, 15) is 4.79 Å². The minimum Gasteiger partial charge on any atom is -0.486 e. The van der Waals surface area contributed by atoms with Crippen LogP contribution in [0.3, 0.4) is 0 Å². The van der Waals surface area contributed by atoms with E-state index in [-0.39, 0.29) is 5.91 Å². The molecule has 3 rings (SSSR count). The maximum absolute atomic E-state index is 11.5. The fraction of sp³-hybridized carbons (Fsp3) is 0.167. The van der Waals surface area contributed by atoms with E-state index in [0.717, 1.165) is 11.3 Å². The molecule has 0 aromatic heterocycles. The number of carbonyl (C=O) groups excluding carboxylic acids is 1. The molecule has 1 saturated heterocycles. The predicted molar refractivity (Wildman–Crippen MR) is 73.7 cm³/mol. The molecular formula is C12H9NO3S2. The molecule has 6 heteroatoms. The van der Waals surface area contributed by atoms with Gasteiger partial charge >= 0.3 is 0 Å². The van der Waals surface area contributed by atoms with Gasteiger partial charge in [-0.1, -0.05) is 30.0 Å². The Balaban J connectivity index is 1.91. The minimum atomic E-state index is -0.153. The summed E-state index contributed by atoms with van der Waals surface area (Å²) in [7, 11) is 0. The number of amides is 1. The van der Waals surface area contributed by atoms with Crippen LogP contribution in [0.25, 0.3) is 6.08 Å². The van der Waals surface area contributed by atoms with Gasteiger partial charge in [0, 0.05) is 0 Å². The summed E-state index contributed by atoms with van der Waals surface area (Å²) in [5.74, 6) is 1.30. The molecule has 0 radical (unpaired) electrons. The highest BCUT2D eigenvalue weighted by Crippen LogP contribution is 2.33. The first-order valence-corrected chi connectivity index (χ1v) is 6.59. The van der Waals surface area contributed by atoms with Crippen molar-refractivity contribution in [1.29, 1.82) is 0 Å². The summed E-state index contributed by atoms with van der Waals surface area (Å²) in [5, 5.41) is 2.58. The van der Waals surface area contributed by atoms with Crippen molar-refractivity contribution < 1.29 is 14.3 Å². The maximum atomic E-state index is 11.5. The largest absolute Gasteiger partial charge is 0.486 e. The molecule has 2 aliphatic heterocycles. The number of hydrogen-bond acceptors (Lipinski definition) is 5. The van der Waals surface area contributed by atoms with Crippen molar-refractivity contribution in [2.45, 2.75) is 0 Å². The molecule has 18 heavy (non-hydrogen) atoms. The van der Waals surface area contributed by atoms with Crippen molar-refractivity contribution >= 4 is 40.3 Å². The first kappa shape index (κ1) is 11.6. The average Bonchev–Trinajstić information content (AvgIpc) is 2.68. The van der Waals surface area contributed by atoms with Crippen molar-refractivity contribution in [1.82, 2.24) is 5.32 Å². The zero-order chi connectivity index (χ0) is 12.5. The Morgan fingerprint density at radius 1 is 1.28 bits per heavy atom. The first-order chi connectivity index (χ1) is 8.72. The van der Waals surface area contributed by atoms with E-state index in [0.29, 0.717) is 28.2 Å². The second-order valence-electron chi connectivity index (χ2n) is 3.76. The van der Waals surface area contributed by atoms with E-state index < -0.39 is 0 Å². The van der Waals surface area contributed by atoms with Gasteiger partial charge in [0.05, 0.1) is 4.91 Å². The Morgan fingerprint density at radius 2 is 2.06 bits per heavy atom. The van der Waals surface area contributed by atoms with Crippen molar-refractivity contribution in [2.75, 3.05) is 13.2 Å². The quantitative estimate of drug-likeness (QED) is 0.629. The molecule has 0 bridgehead atoms. The number of rotatable bonds is 1. The molecule has 1 N–H and O–H groups in total. The smallest absolute Gasteiger partial charge is 0.263 e. The van der Waals surface area contributed by atoms with Gasteiger partial charge in [0.1, 0.15) is 17.5 Å². The molecule has 92 valence electrons. The number of thioether (sulfide) groups is 1. The SMILES string of the molecule is O=C1NC(=S)SC1=Cc1ccc2c(c1)OCCO2. The summed E-state index contributed by atoms with van der Waals surface area (Å²) < 4.78 is 11.4. The number of fused-ring (bicyclic) bond motifs is 1. The third kappa shape index (κ3) is 2.21. The van der Waals surface area contributed by atoms with Gasteiger partial charge in [0.2, 0.25) is 0 Å². The van der Waals surface area contributed by atoms with Gasteiger partial charge in [-0.2, -0.15) is 0 Å². The molecule has 2 aliphatic rings. The lowest BCUT2D eigenvalue weighted by molar-refractivity contribution is -0.115. The Kier molecular flexibility index (Phi) is 2.97. The Labute approximate surface area is 113 Å². The number of hydrogen-bond donors (Lipinski definition) is 1. The van der Waals surface area contributed by atoms with Crippen molar-refractivity contribution in [3.8, 4) is 11.5 Å². The third-order valence-corrected chi connectivity index (χ3v) is 3.67. The number of ether oxygens (including phenoxy) is 2. The normalized spacial score (nSPS) is 20.1. The molecule has 4 nitrogen and oxygen atoms in total. The standard InChI is InChI=1S/C12H9NO3S2/c14-11-10(18-12(17)13-11)6-7-1-2-8-9(5-7)16-4-3-15-8/h1-2,5-6H,3-4H2,(H,13,14,17). The molecule has 0 spiro atoms. The van der Waals surface area contributed by atoms with Crippen molar-refractivity contribution in [2.24, 2.45) is 0 Å². The second-order valence-corrected chi connectivity index (χ2v) is 5.47. The topological polar surface area (TPSA) is 47.6 Å². The molecule has 0 saturated carbocycles. The fourth-order valence-electron chi connectivity index (χ4n) is 1.72. The van der Waals surface area contributed by atoms with Crippen molar-refractivity contribution in [3.63, 3.8) is 0 Å². The van der Waals surface area contributed by atoms with Gasteiger partial charge in [0.25, 0.3) is 5.91 Å². The summed E-state index contributed by atoms with van der Waals surface area (Å²) in [6, 6.07) is 5.59. The Morgan fingerprint density at radius 3 is 2.78 bits per heavy atom. The molecule has 0 unspecified atom stereocenters. The van der Waals surface area contributed by atoms with Crippen LogP contribution in [0.4, 0.5) is 0 Å². The lowest BCUT2D eigenvalue weighted by atomic mass is 10.2. The van der Waals surface area contributed by atoms with Crippen LogP contribution in [-0.2, 0) is 4.79 Å². The second kappa shape index (κ2) is 4.62. The van der Waals surface area contributed by atoms with E-state index >= 15 is 0 Å². The molecule has 1 fully saturated rings. The summed E-state index contributed by atoms with van der Waals surface area (Å²) in [6.45, 7) is 1.12. The van der Waals surface area contributed by atoms with Gasteiger partial charge in [0.15, 0.2) is 11.5 Å². The minimum absolute atomic E-state index is 0.153. The summed E-state index contributed by atoms with van der Waals surface area (Å²) >= 11 is 6.20. The van der Waals surface area contributed by atoms with Crippen LogP contribution >= 0.6 is 24.0 Å². The van der Waals surface area contributed by atoms with Gasteiger partial charge in [-0.15, -0.1) is 0 Å². The number of nitrogens with one attached hydrogen (secondary N) is 1. The lowest BCUT2D eigenvalue weighted by Crippen LogP contribution is -2.17. The van der Waals surface area contributed by atoms with Crippen LogP contribution in [0.2, 0.25) is 0 Å². The van der Waals surface area contributed by atoms with Crippen LogP contribution in [-0.4, -0.2) is 23.4 Å². The average molecular weight is 279 g/mol. The van der Waals surface area contributed by atoms with Crippen LogP contribution in [0.15, 0.2) is 23.1 Å². The van der Waals surface area contributed by atoms with Crippen LogP contribution < -0.4 is 14.8 Å². The fourth-order valence-corrected chi connectivity index (χ4v) is 2.77. The highest BCUT2D eigenvalue weighted by molar-refractivity contribution is 8.26. The monoisotopic (exact) mass is 279 g/mol. The molecule has 0 aliphatic carbocycles. The molecule has 2 heterocycles. The highest BCUT2D eigenvalue weighted by atomic mass is 32.2. The van der Waals surface area contributed by atoms with Crippen LogP contribution in [0.5, 0.6) is 11.5 Å². The summed E-state index contributed by atoms with van der Waals surface area (Å²) in [4.78, 5) is 12.1. The molecule has 1 aromatic rings. The predicted octanol–water partition coefficient (Wildman–Crippen LogP) is 1.95. The Hall–Kier alpha value is -1.53. The van der Waals surface area contributed by atoms with E-state index in [1.54, 1.807) is 6.08 Å². The molecular weight excluding hydrogens is 270 g/mol. The highest BCUT2D eigenvalue weighted by Gasteiger charge is 2.22. The zero-order valence-electron chi connectivity index (χ0n) is 9.26. The molecule has 1 amide bonds. The third-order valence-electron chi connectivity index (χ3n) is 2.51. The van der Waals surface area contributed by atoms with Crippen LogP contribution in [0, 0.1) is 0 Å². The van der Waals surface area contributed by atoms with E-state index in [1.165, 1.54) is 11.8 Å². The number of benzene rings is 1. The maximum Gasteiger partial charge on any atom is 0.263 e. The lowest BCUT2D eigenvalue weighted by Gasteiger charge is -2.18. The van der Waals surface area contributed by atoms with E-state index in [1.807, 2.05) is 18.2 Å². The van der Waals surface area contributed by atoms with Gasteiger partial charge in [-0.05, 0) is 23.8 Å². The van der Waals surface area contributed by atoms with E-state index in [4.69, 9.17) is 21.7 Å². The van der Waals surface area contributed by atoms with Gasteiger partial charge in [-0.25, -0.2) is 0 Å². The number of thiocarbonyl (C=S) groups is 1. The molecule has 1 aromatic carbocycles. The van der Waals surface area contributed by atoms with Crippen molar-refractivity contribution in [3.05, 3.63) is 28.7 Å². The Bertz CT molecular complexity index is 568. The van der Waals surface area contributed by atoms with Crippen LogP contribution in [0.1, 0.15) is 5.56 Å².